The Morgan fingerprint density at radius 2 is 1.86 bits per heavy atom. The number of alkyl halides is 1. The minimum absolute atomic E-state index is 0.312. The molecule has 2 aromatic rings. The number of hydrogen-bond donors (Lipinski definition) is 0. The normalized spacial score (nSPS) is 21.8. The van der Waals surface area contributed by atoms with Crippen LogP contribution in [0.1, 0.15) is 34.8 Å². The zero-order valence-electron chi connectivity index (χ0n) is 11.5. The first-order chi connectivity index (χ1) is 10.1. The van der Waals surface area contributed by atoms with Crippen LogP contribution in [-0.2, 0) is 10.3 Å². The van der Waals surface area contributed by atoms with Gasteiger partial charge in [0.2, 0.25) is 0 Å². The zero-order chi connectivity index (χ0) is 15.0. The van der Waals surface area contributed by atoms with Crippen molar-refractivity contribution in [2.75, 3.05) is 0 Å². The Morgan fingerprint density at radius 1 is 1.19 bits per heavy atom. The third-order valence-corrected chi connectivity index (χ3v) is 5.02. The summed E-state index contributed by atoms with van der Waals surface area (Å²) >= 11 is 10.0. The van der Waals surface area contributed by atoms with E-state index >= 15 is 0 Å². The van der Waals surface area contributed by atoms with Crippen molar-refractivity contribution < 1.29 is 9.53 Å². The Bertz CT molecular complexity index is 683. The highest BCUT2D eigenvalue weighted by atomic mass is 79.9. The van der Waals surface area contributed by atoms with Crippen molar-refractivity contribution in [2.45, 2.75) is 24.3 Å². The van der Waals surface area contributed by atoms with Crippen molar-refractivity contribution >= 4 is 33.5 Å². The van der Waals surface area contributed by atoms with Crippen molar-refractivity contribution in [3.63, 3.8) is 0 Å². The molecule has 0 spiro atoms. The van der Waals surface area contributed by atoms with Crippen LogP contribution in [0.3, 0.4) is 0 Å². The molecule has 0 aromatic heterocycles. The Kier molecular flexibility index (Phi) is 3.80. The average molecular weight is 366 g/mol. The quantitative estimate of drug-likeness (QED) is 0.572. The van der Waals surface area contributed by atoms with Crippen molar-refractivity contribution in [1.82, 2.24) is 0 Å². The fraction of sp³-hybridized carbons (Fsp3) is 0.235. The Morgan fingerprint density at radius 3 is 2.52 bits per heavy atom. The van der Waals surface area contributed by atoms with Gasteiger partial charge in [0, 0.05) is 15.6 Å². The Balaban J connectivity index is 2.25. The molecule has 1 aliphatic heterocycles. The van der Waals surface area contributed by atoms with E-state index in [1.54, 1.807) is 6.07 Å². The molecule has 0 aliphatic carbocycles. The number of fused-ring (bicyclic) bond motifs is 1. The highest BCUT2D eigenvalue weighted by molar-refractivity contribution is 9.10. The summed E-state index contributed by atoms with van der Waals surface area (Å²) in [5, 5.41) is -0.328. The van der Waals surface area contributed by atoms with E-state index in [4.69, 9.17) is 16.3 Å². The number of halogens is 2. The maximum absolute atomic E-state index is 12.3. The Hall–Kier alpha value is -1.32. The van der Waals surface area contributed by atoms with Crippen LogP contribution in [0.5, 0.6) is 0 Å². The molecule has 0 fully saturated rings. The minimum Gasteiger partial charge on any atom is -0.444 e. The van der Waals surface area contributed by atoms with Gasteiger partial charge in [-0.3, -0.25) is 0 Å². The van der Waals surface area contributed by atoms with Gasteiger partial charge in [-0.05, 0) is 24.6 Å². The number of hydrogen-bond acceptors (Lipinski definition) is 2. The largest absolute Gasteiger partial charge is 0.444 e. The maximum Gasteiger partial charge on any atom is 0.339 e. The third kappa shape index (κ3) is 2.19. The first-order valence-corrected chi connectivity index (χ1v) is 8.05. The van der Waals surface area contributed by atoms with Crippen LogP contribution < -0.4 is 0 Å². The molecular weight excluding hydrogens is 352 g/mol. The van der Waals surface area contributed by atoms with E-state index in [2.05, 4.69) is 15.9 Å². The lowest BCUT2D eigenvalue weighted by atomic mass is 9.82. The standard InChI is InChI=1S/C17H14BrClO2/c1-2-15(19)17(11-7-9-12(18)10-8-11)14-6-4-3-5-13(14)16(20)21-17/h3-10,15H,2H2,1H3. The molecule has 3 rings (SSSR count). The number of rotatable bonds is 3. The summed E-state index contributed by atoms with van der Waals surface area (Å²) < 4.78 is 6.79. The molecule has 4 heteroatoms. The molecule has 0 N–H and O–H groups in total. The van der Waals surface area contributed by atoms with Gasteiger partial charge in [0.15, 0.2) is 5.60 Å². The summed E-state index contributed by atoms with van der Waals surface area (Å²) in [6.45, 7) is 1.99. The minimum atomic E-state index is -0.912. The topological polar surface area (TPSA) is 26.3 Å². The van der Waals surface area contributed by atoms with Gasteiger partial charge in [-0.25, -0.2) is 4.79 Å². The second-order valence-corrected chi connectivity index (χ2v) is 6.50. The number of carbonyl (C=O) groups is 1. The molecule has 2 aromatic carbocycles. The van der Waals surface area contributed by atoms with E-state index < -0.39 is 5.60 Å². The van der Waals surface area contributed by atoms with Gasteiger partial charge in [-0.2, -0.15) is 0 Å². The number of carbonyl (C=O) groups excluding carboxylic acids is 1. The molecule has 0 radical (unpaired) electrons. The lowest BCUT2D eigenvalue weighted by molar-refractivity contribution is 0.00860. The molecule has 0 amide bonds. The van der Waals surface area contributed by atoms with Crippen LogP contribution in [0.2, 0.25) is 0 Å². The summed E-state index contributed by atoms with van der Waals surface area (Å²) in [5.41, 5.74) is 1.43. The van der Waals surface area contributed by atoms with Crippen LogP contribution >= 0.6 is 27.5 Å². The summed E-state index contributed by atoms with van der Waals surface area (Å²) in [4.78, 5) is 12.3. The molecule has 2 atom stereocenters. The average Bonchev–Trinajstić information content (AvgIpc) is 2.82. The number of esters is 1. The fourth-order valence-electron chi connectivity index (χ4n) is 2.85. The van der Waals surface area contributed by atoms with Crippen LogP contribution in [0.15, 0.2) is 53.0 Å². The van der Waals surface area contributed by atoms with Gasteiger partial charge >= 0.3 is 5.97 Å². The Labute approximate surface area is 137 Å². The third-order valence-electron chi connectivity index (χ3n) is 3.87. The van der Waals surface area contributed by atoms with E-state index in [-0.39, 0.29) is 11.3 Å². The van der Waals surface area contributed by atoms with E-state index in [0.29, 0.717) is 12.0 Å². The maximum atomic E-state index is 12.3. The van der Waals surface area contributed by atoms with Crippen LogP contribution in [0.25, 0.3) is 0 Å². The molecule has 0 saturated heterocycles. The summed E-state index contributed by atoms with van der Waals surface area (Å²) in [6, 6.07) is 15.2. The van der Waals surface area contributed by atoms with Crippen LogP contribution in [0, 0.1) is 0 Å². The van der Waals surface area contributed by atoms with E-state index in [1.165, 1.54) is 0 Å². The highest BCUT2D eigenvalue weighted by Crippen LogP contribution is 2.47. The van der Waals surface area contributed by atoms with Crippen molar-refractivity contribution in [2.24, 2.45) is 0 Å². The fourth-order valence-corrected chi connectivity index (χ4v) is 3.41. The van der Waals surface area contributed by atoms with Gasteiger partial charge in [0.05, 0.1) is 10.9 Å². The van der Waals surface area contributed by atoms with Gasteiger partial charge < -0.3 is 4.74 Å². The molecule has 2 unspecified atom stereocenters. The lowest BCUT2D eigenvalue weighted by Crippen LogP contribution is -2.37. The molecule has 108 valence electrons. The molecule has 2 nitrogen and oxygen atoms in total. The van der Waals surface area contributed by atoms with Gasteiger partial charge in [-0.15, -0.1) is 11.6 Å². The first-order valence-electron chi connectivity index (χ1n) is 6.82. The second kappa shape index (κ2) is 5.47. The lowest BCUT2D eigenvalue weighted by Gasteiger charge is -2.33. The molecule has 21 heavy (non-hydrogen) atoms. The summed E-state index contributed by atoms with van der Waals surface area (Å²) in [7, 11) is 0. The molecular formula is C17H14BrClO2. The second-order valence-electron chi connectivity index (χ2n) is 5.05. The van der Waals surface area contributed by atoms with Crippen molar-refractivity contribution in [1.29, 1.82) is 0 Å². The summed E-state index contributed by atoms with van der Waals surface area (Å²) in [6.07, 6.45) is 0.694. The van der Waals surface area contributed by atoms with Crippen LogP contribution in [0.4, 0.5) is 0 Å². The molecule has 1 aliphatic rings. The highest BCUT2D eigenvalue weighted by Gasteiger charge is 2.51. The van der Waals surface area contributed by atoms with Gasteiger partial charge in [0.1, 0.15) is 0 Å². The molecule has 1 heterocycles. The van der Waals surface area contributed by atoms with E-state index in [1.807, 2.05) is 49.4 Å². The predicted octanol–water partition coefficient (Wildman–Crippen LogP) is 4.88. The van der Waals surface area contributed by atoms with Crippen molar-refractivity contribution in [3.05, 3.63) is 69.7 Å². The van der Waals surface area contributed by atoms with Crippen molar-refractivity contribution in [3.8, 4) is 0 Å². The molecule has 0 saturated carbocycles. The van der Waals surface area contributed by atoms with Gasteiger partial charge in [-0.1, -0.05) is 53.2 Å². The number of cyclic esters (lactones) is 1. The zero-order valence-corrected chi connectivity index (χ0v) is 13.8. The van der Waals surface area contributed by atoms with Crippen LogP contribution in [-0.4, -0.2) is 11.3 Å². The number of benzene rings is 2. The van der Waals surface area contributed by atoms with E-state index in [9.17, 15) is 4.79 Å². The van der Waals surface area contributed by atoms with E-state index in [0.717, 1.165) is 15.6 Å². The first kappa shape index (κ1) is 14.6. The SMILES string of the molecule is CCC(Cl)C1(c2ccc(Br)cc2)OC(=O)c2ccccc21. The smallest absolute Gasteiger partial charge is 0.339 e. The molecule has 0 bridgehead atoms. The summed E-state index contributed by atoms with van der Waals surface area (Å²) in [5.74, 6) is -0.312. The monoisotopic (exact) mass is 364 g/mol. The number of ether oxygens (including phenoxy) is 1. The predicted molar refractivity (Wildman–Crippen MR) is 86.7 cm³/mol. The van der Waals surface area contributed by atoms with Gasteiger partial charge in [0.25, 0.3) is 0 Å².